The highest BCUT2D eigenvalue weighted by atomic mass is 19.3. The van der Waals surface area contributed by atoms with E-state index in [2.05, 4.69) is 0 Å². The van der Waals surface area contributed by atoms with E-state index in [4.69, 9.17) is 10.5 Å². The van der Waals surface area contributed by atoms with E-state index in [1.807, 2.05) is 6.92 Å². The molecule has 2 nitrogen and oxygen atoms in total. The zero-order chi connectivity index (χ0) is 11.4. The number of alkyl halides is 2. The molecule has 0 aliphatic heterocycles. The summed E-state index contributed by atoms with van der Waals surface area (Å²) in [5, 5.41) is 0. The number of methoxy groups -OCH3 is 1. The second kappa shape index (κ2) is 5.07. The van der Waals surface area contributed by atoms with Gasteiger partial charge in [-0.05, 0) is 25.0 Å². The average Bonchev–Trinajstić information content (AvgIpc) is 2.16. The van der Waals surface area contributed by atoms with Crippen LogP contribution in [0.1, 0.15) is 24.5 Å². The summed E-state index contributed by atoms with van der Waals surface area (Å²) in [5.74, 6) is 0.254. The molecule has 0 aliphatic carbocycles. The van der Waals surface area contributed by atoms with Crippen molar-refractivity contribution in [2.24, 2.45) is 5.73 Å². The lowest BCUT2D eigenvalue weighted by atomic mass is 10.0. The fraction of sp³-hybridized carbons (Fsp3) is 0.455. The van der Waals surface area contributed by atoms with Gasteiger partial charge >= 0.3 is 0 Å². The molecule has 1 unspecified atom stereocenters. The molecule has 15 heavy (non-hydrogen) atoms. The van der Waals surface area contributed by atoms with Gasteiger partial charge in [-0.25, -0.2) is 8.78 Å². The van der Waals surface area contributed by atoms with E-state index < -0.39 is 6.43 Å². The number of rotatable bonds is 4. The zero-order valence-electron chi connectivity index (χ0n) is 8.84. The fourth-order valence-electron chi connectivity index (χ4n) is 1.53. The van der Waals surface area contributed by atoms with Gasteiger partial charge in [-0.15, -0.1) is 0 Å². The molecule has 0 aliphatic rings. The maximum Gasteiger partial charge on any atom is 0.267 e. The van der Waals surface area contributed by atoms with E-state index in [0.717, 1.165) is 5.56 Å². The van der Waals surface area contributed by atoms with Crippen LogP contribution in [0.5, 0.6) is 5.75 Å². The van der Waals surface area contributed by atoms with Gasteiger partial charge in [0.1, 0.15) is 5.75 Å². The molecule has 84 valence electrons. The normalized spacial score (nSPS) is 12.9. The van der Waals surface area contributed by atoms with Crippen molar-refractivity contribution in [2.75, 3.05) is 7.11 Å². The smallest absolute Gasteiger partial charge is 0.267 e. The van der Waals surface area contributed by atoms with Gasteiger partial charge in [0, 0.05) is 6.04 Å². The molecule has 0 aromatic heterocycles. The van der Waals surface area contributed by atoms with Crippen LogP contribution in [0.15, 0.2) is 18.2 Å². The first-order valence-corrected chi connectivity index (χ1v) is 4.75. The summed E-state index contributed by atoms with van der Waals surface area (Å²) in [7, 11) is 1.39. The van der Waals surface area contributed by atoms with E-state index in [-0.39, 0.29) is 17.4 Å². The van der Waals surface area contributed by atoms with E-state index in [9.17, 15) is 8.78 Å². The Hall–Kier alpha value is -1.16. The highest BCUT2D eigenvalue weighted by molar-refractivity contribution is 5.42. The van der Waals surface area contributed by atoms with Crippen LogP contribution in [0.3, 0.4) is 0 Å². The standard InChI is InChI=1S/C11H15F2NO/c1-7(14)6-8-4-3-5-9(11(12)13)10(8)15-2/h3-5,7,11H,6,14H2,1-2H3. The molecule has 0 saturated heterocycles. The molecule has 1 atom stereocenters. The topological polar surface area (TPSA) is 35.2 Å². The molecule has 0 saturated carbocycles. The SMILES string of the molecule is COc1c(CC(C)N)cccc1C(F)F. The second-order valence-corrected chi connectivity index (χ2v) is 3.52. The number of hydrogen-bond acceptors (Lipinski definition) is 2. The first-order chi connectivity index (χ1) is 7.06. The molecule has 0 fully saturated rings. The Labute approximate surface area is 88.0 Å². The number of nitrogens with two attached hydrogens (primary N) is 1. The summed E-state index contributed by atoms with van der Waals surface area (Å²) in [6.45, 7) is 1.83. The third kappa shape index (κ3) is 2.89. The highest BCUT2D eigenvalue weighted by Gasteiger charge is 2.16. The second-order valence-electron chi connectivity index (χ2n) is 3.52. The summed E-state index contributed by atoms with van der Waals surface area (Å²) in [4.78, 5) is 0. The Bertz CT molecular complexity index is 326. The Morgan fingerprint density at radius 2 is 2.07 bits per heavy atom. The van der Waals surface area contributed by atoms with Crippen molar-refractivity contribution >= 4 is 0 Å². The van der Waals surface area contributed by atoms with Crippen molar-refractivity contribution in [2.45, 2.75) is 25.8 Å². The van der Waals surface area contributed by atoms with Gasteiger partial charge in [0.05, 0.1) is 12.7 Å². The lowest BCUT2D eigenvalue weighted by Crippen LogP contribution is -2.18. The number of halogens is 2. The van der Waals surface area contributed by atoms with Crippen molar-refractivity contribution in [1.82, 2.24) is 0 Å². The third-order valence-electron chi connectivity index (χ3n) is 2.11. The van der Waals surface area contributed by atoms with Gasteiger partial charge in [0.15, 0.2) is 0 Å². The van der Waals surface area contributed by atoms with E-state index in [1.165, 1.54) is 13.2 Å². The van der Waals surface area contributed by atoms with Crippen molar-refractivity contribution in [3.05, 3.63) is 29.3 Å². The van der Waals surface area contributed by atoms with Crippen LogP contribution < -0.4 is 10.5 Å². The number of benzene rings is 1. The molecular weight excluding hydrogens is 200 g/mol. The molecule has 1 aromatic rings. The van der Waals surface area contributed by atoms with Crippen LogP contribution >= 0.6 is 0 Å². The van der Waals surface area contributed by atoms with Crippen molar-refractivity contribution < 1.29 is 13.5 Å². The van der Waals surface area contributed by atoms with Gasteiger partial charge in [0.2, 0.25) is 0 Å². The Kier molecular flexibility index (Phi) is 4.03. The lowest BCUT2D eigenvalue weighted by Gasteiger charge is -2.14. The minimum Gasteiger partial charge on any atom is -0.496 e. The minimum absolute atomic E-state index is 0.0735. The number of hydrogen-bond donors (Lipinski definition) is 1. The maximum absolute atomic E-state index is 12.6. The highest BCUT2D eigenvalue weighted by Crippen LogP contribution is 2.32. The molecule has 1 rings (SSSR count). The zero-order valence-corrected chi connectivity index (χ0v) is 8.84. The summed E-state index contributed by atoms with van der Waals surface area (Å²) < 4.78 is 30.2. The molecule has 4 heteroatoms. The number of para-hydroxylation sites is 1. The van der Waals surface area contributed by atoms with Gasteiger partial charge in [-0.3, -0.25) is 0 Å². The predicted molar refractivity (Wildman–Crippen MR) is 55.3 cm³/mol. The van der Waals surface area contributed by atoms with Crippen molar-refractivity contribution in [3.8, 4) is 5.75 Å². The molecule has 2 N–H and O–H groups in total. The molecule has 1 aromatic carbocycles. The van der Waals surface area contributed by atoms with Gasteiger partial charge in [0.25, 0.3) is 6.43 Å². The first-order valence-electron chi connectivity index (χ1n) is 4.75. The molecule has 0 bridgehead atoms. The van der Waals surface area contributed by atoms with E-state index >= 15 is 0 Å². The van der Waals surface area contributed by atoms with Gasteiger partial charge in [-0.2, -0.15) is 0 Å². The summed E-state index contributed by atoms with van der Waals surface area (Å²) >= 11 is 0. The van der Waals surface area contributed by atoms with Crippen LogP contribution in [0.4, 0.5) is 8.78 Å². The van der Waals surface area contributed by atoms with E-state index in [1.54, 1.807) is 12.1 Å². The van der Waals surface area contributed by atoms with Gasteiger partial charge < -0.3 is 10.5 Å². The minimum atomic E-state index is -2.52. The van der Waals surface area contributed by atoms with Crippen molar-refractivity contribution in [3.63, 3.8) is 0 Å². The molecular formula is C11H15F2NO. The van der Waals surface area contributed by atoms with Crippen molar-refractivity contribution in [1.29, 1.82) is 0 Å². The van der Waals surface area contributed by atoms with Crippen LogP contribution in [0, 0.1) is 0 Å². The molecule has 0 amide bonds. The van der Waals surface area contributed by atoms with Crippen LogP contribution in [0.2, 0.25) is 0 Å². The Morgan fingerprint density at radius 3 is 2.53 bits per heavy atom. The number of ether oxygens (including phenoxy) is 1. The summed E-state index contributed by atoms with van der Waals surface area (Å²) in [5.41, 5.74) is 6.28. The summed E-state index contributed by atoms with van der Waals surface area (Å²) in [6, 6.07) is 4.65. The van der Waals surface area contributed by atoms with Crippen LogP contribution in [-0.2, 0) is 6.42 Å². The molecule has 0 radical (unpaired) electrons. The fourth-order valence-corrected chi connectivity index (χ4v) is 1.53. The lowest BCUT2D eigenvalue weighted by molar-refractivity contribution is 0.147. The Morgan fingerprint density at radius 1 is 1.40 bits per heavy atom. The predicted octanol–water partition coefficient (Wildman–Crippen LogP) is 2.52. The average molecular weight is 215 g/mol. The third-order valence-corrected chi connectivity index (χ3v) is 2.11. The maximum atomic E-state index is 12.6. The van der Waals surface area contributed by atoms with Crippen LogP contribution in [0.25, 0.3) is 0 Å². The Balaban J connectivity index is 3.10. The van der Waals surface area contributed by atoms with Gasteiger partial charge in [-0.1, -0.05) is 12.1 Å². The largest absolute Gasteiger partial charge is 0.496 e. The molecule has 0 spiro atoms. The quantitative estimate of drug-likeness (QED) is 0.837. The van der Waals surface area contributed by atoms with E-state index in [0.29, 0.717) is 6.42 Å². The monoisotopic (exact) mass is 215 g/mol. The van der Waals surface area contributed by atoms with Crippen LogP contribution in [-0.4, -0.2) is 13.2 Å². The first kappa shape index (κ1) is 11.9. The molecule has 0 heterocycles. The summed E-state index contributed by atoms with van der Waals surface area (Å²) in [6.07, 6.45) is -1.99.